The molecule has 3 rings (SSSR count). The minimum absolute atomic E-state index is 0.0483. The topological polar surface area (TPSA) is 35.2 Å². The maximum atomic E-state index is 13.9. The van der Waals surface area contributed by atoms with Crippen molar-refractivity contribution in [3.63, 3.8) is 0 Å². The molecule has 0 unspecified atom stereocenters. The van der Waals surface area contributed by atoms with Crippen LogP contribution in [0.5, 0.6) is 5.75 Å². The fourth-order valence-corrected chi connectivity index (χ4v) is 3.10. The molecular weight excluding hydrogens is 312 g/mol. The summed E-state index contributed by atoms with van der Waals surface area (Å²) in [5, 5.41) is 1.00. The monoisotopic (exact) mass is 325 g/mol. The zero-order chi connectivity index (χ0) is 15.0. The Bertz CT molecular complexity index is 690. The van der Waals surface area contributed by atoms with Crippen LogP contribution >= 0.6 is 23.2 Å². The number of hydrogen-bond donors (Lipinski definition) is 1. The van der Waals surface area contributed by atoms with Crippen LogP contribution in [0.25, 0.3) is 11.1 Å². The van der Waals surface area contributed by atoms with Crippen molar-refractivity contribution >= 4 is 23.2 Å². The lowest BCUT2D eigenvalue weighted by Gasteiger charge is -2.27. The molecule has 2 aromatic rings. The van der Waals surface area contributed by atoms with Gasteiger partial charge in [-0.05, 0) is 42.7 Å². The third-order valence-electron chi connectivity index (χ3n) is 3.63. The number of hydrogen-bond acceptors (Lipinski definition) is 2. The van der Waals surface area contributed by atoms with E-state index >= 15 is 0 Å². The molecule has 1 heterocycles. The van der Waals surface area contributed by atoms with Crippen molar-refractivity contribution in [1.82, 2.24) is 0 Å². The van der Waals surface area contributed by atoms with Gasteiger partial charge in [0.15, 0.2) is 0 Å². The molecule has 0 amide bonds. The Morgan fingerprint density at radius 3 is 2.71 bits per heavy atom. The first-order valence-electron chi connectivity index (χ1n) is 6.73. The van der Waals surface area contributed by atoms with Crippen LogP contribution in [0.3, 0.4) is 0 Å². The van der Waals surface area contributed by atoms with Crippen molar-refractivity contribution in [3.8, 4) is 16.9 Å². The molecule has 1 aliphatic rings. The maximum Gasteiger partial charge on any atom is 0.131 e. The van der Waals surface area contributed by atoms with Gasteiger partial charge in [-0.25, -0.2) is 4.39 Å². The molecule has 0 radical (unpaired) electrons. The van der Waals surface area contributed by atoms with Gasteiger partial charge in [0.1, 0.15) is 17.7 Å². The van der Waals surface area contributed by atoms with Gasteiger partial charge in [-0.2, -0.15) is 0 Å². The number of fused-ring (bicyclic) bond motifs is 1. The molecule has 0 fully saturated rings. The third-order valence-corrected chi connectivity index (χ3v) is 4.18. The Balaban J connectivity index is 2.16. The molecule has 2 nitrogen and oxygen atoms in total. The fraction of sp³-hybridized carbons (Fsp3) is 0.250. The van der Waals surface area contributed by atoms with Crippen molar-refractivity contribution in [2.45, 2.75) is 18.9 Å². The first-order chi connectivity index (χ1) is 10.1. The maximum absolute atomic E-state index is 13.9. The van der Waals surface area contributed by atoms with E-state index in [1.54, 1.807) is 18.2 Å². The lowest BCUT2D eigenvalue weighted by Crippen LogP contribution is -2.30. The second kappa shape index (κ2) is 5.84. The van der Waals surface area contributed by atoms with Gasteiger partial charge in [0.25, 0.3) is 0 Å². The predicted octanol–water partition coefficient (Wildman–Crippen LogP) is 4.45. The second-order valence-electron chi connectivity index (χ2n) is 5.08. The van der Waals surface area contributed by atoms with Gasteiger partial charge in [-0.1, -0.05) is 29.3 Å². The lowest BCUT2D eigenvalue weighted by molar-refractivity contribution is 0.182. The second-order valence-corrected chi connectivity index (χ2v) is 5.92. The SMILES string of the molecule is NC[C@@H]1CCc2cc(F)cc(-c3ccc(Cl)cc3Cl)c2O1. The van der Waals surface area contributed by atoms with E-state index in [2.05, 4.69) is 0 Å². The zero-order valence-corrected chi connectivity index (χ0v) is 12.7. The van der Waals surface area contributed by atoms with Crippen LogP contribution in [-0.4, -0.2) is 12.6 Å². The lowest BCUT2D eigenvalue weighted by atomic mass is 9.95. The van der Waals surface area contributed by atoms with Crippen LogP contribution in [-0.2, 0) is 6.42 Å². The molecule has 0 bridgehead atoms. The van der Waals surface area contributed by atoms with Gasteiger partial charge >= 0.3 is 0 Å². The molecule has 2 aromatic carbocycles. The van der Waals surface area contributed by atoms with E-state index in [-0.39, 0.29) is 11.9 Å². The van der Waals surface area contributed by atoms with Crippen molar-refractivity contribution in [1.29, 1.82) is 0 Å². The van der Waals surface area contributed by atoms with E-state index in [9.17, 15) is 4.39 Å². The van der Waals surface area contributed by atoms with E-state index in [1.807, 2.05) is 0 Å². The smallest absolute Gasteiger partial charge is 0.131 e. The van der Waals surface area contributed by atoms with Gasteiger partial charge in [0.05, 0.1) is 5.02 Å². The van der Waals surface area contributed by atoms with Crippen LogP contribution in [0.1, 0.15) is 12.0 Å². The standard InChI is InChI=1S/C16H14Cl2FNO/c17-10-2-4-13(15(18)6-10)14-7-11(19)5-9-1-3-12(8-20)21-16(9)14/h2,4-7,12H,1,3,8,20H2/t12-/m0/s1. The van der Waals surface area contributed by atoms with E-state index in [1.165, 1.54) is 12.1 Å². The van der Waals surface area contributed by atoms with Crippen LogP contribution in [0.4, 0.5) is 4.39 Å². The van der Waals surface area contributed by atoms with Gasteiger partial charge in [-0.15, -0.1) is 0 Å². The number of nitrogens with two attached hydrogens (primary N) is 1. The normalized spacial score (nSPS) is 17.2. The summed E-state index contributed by atoms with van der Waals surface area (Å²) in [6.45, 7) is 0.435. The number of ether oxygens (including phenoxy) is 1. The van der Waals surface area contributed by atoms with Crippen LogP contribution in [0.15, 0.2) is 30.3 Å². The summed E-state index contributed by atoms with van der Waals surface area (Å²) in [5.41, 5.74) is 7.88. The average Bonchev–Trinajstić information content (AvgIpc) is 2.46. The molecular formula is C16H14Cl2FNO. The van der Waals surface area contributed by atoms with Gasteiger partial charge in [-0.3, -0.25) is 0 Å². The van der Waals surface area contributed by atoms with E-state index in [0.717, 1.165) is 18.4 Å². The average molecular weight is 326 g/mol. The van der Waals surface area contributed by atoms with Crippen LogP contribution in [0, 0.1) is 5.82 Å². The zero-order valence-electron chi connectivity index (χ0n) is 11.2. The minimum atomic E-state index is -0.301. The largest absolute Gasteiger partial charge is 0.488 e. The molecule has 1 atom stereocenters. The molecule has 1 aliphatic heterocycles. The van der Waals surface area contributed by atoms with Crippen molar-refractivity contribution in [2.24, 2.45) is 5.73 Å². The summed E-state index contributed by atoms with van der Waals surface area (Å²) in [5.74, 6) is 0.367. The van der Waals surface area contributed by atoms with Gasteiger partial charge in [0, 0.05) is 22.7 Å². The highest BCUT2D eigenvalue weighted by Gasteiger charge is 2.24. The Hall–Kier alpha value is -1.29. The van der Waals surface area contributed by atoms with Crippen molar-refractivity contribution in [3.05, 3.63) is 51.8 Å². The minimum Gasteiger partial charge on any atom is -0.488 e. The first-order valence-corrected chi connectivity index (χ1v) is 7.48. The number of benzene rings is 2. The number of rotatable bonds is 2. The Morgan fingerprint density at radius 1 is 1.19 bits per heavy atom. The molecule has 0 spiro atoms. The van der Waals surface area contributed by atoms with Crippen molar-refractivity contribution < 1.29 is 9.13 Å². The molecule has 110 valence electrons. The highest BCUT2D eigenvalue weighted by atomic mass is 35.5. The predicted molar refractivity (Wildman–Crippen MR) is 83.6 cm³/mol. The Morgan fingerprint density at radius 2 is 2.00 bits per heavy atom. The van der Waals surface area contributed by atoms with Gasteiger partial charge < -0.3 is 10.5 Å². The quantitative estimate of drug-likeness (QED) is 0.885. The Labute approximate surface area is 132 Å². The number of halogens is 3. The van der Waals surface area contributed by atoms with E-state index in [4.69, 9.17) is 33.7 Å². The molecule has 0 saturated heterocycles. The highest BCUT2D eigenvalue weighted by molar-refractivity contribution is 6.36. The summed E-state index contributed by atoms with van der Waals surface area (Å²) in [6, 6.07) is 8.08. The highest BCUT2D eigenvalue weighted by Crippen LogP contribution is 2.41. The molecule has 0 aromatic heterocycles. The molecule has 2 N–H and O–H groups in total. The first kappa shape index (κ1) is 14.6. The molecule has 21 heavy (non-hydrogen) atoms. The Kier molecular flexibility index (Phi) is 4.07. The fourth-order valence-electron chi connectivity index (χ4n) is 2.59. The molecule has 0 saturated carbocycles. The van der Waals surface area contributed by atoms with E-state index < -0.39 is 0 Å². The summed E-state index contributed by atoms with van der Waals surface area (Å²) >= 11 is 12.2. The van der Waals surface area contributed by atoms with Crippen LogP contribution < -0.4 is 10.5 Å². The summed E-state index contributed by atoms with van der Waals surface area (Å²) in [6.07, 6.45) is 1.49. The third kappa shape index (κ3) is 2.86. The van der Waals surface area contributed by atoms with Crippen molar-refractivity contribution in [2.75, 3.05) is 6.54 Å². The summed E-state index contributed by atoms with van der Waals surface area (Å²) < 4.78 is 19.8. The van der Waals surface area contributed by atoms with E-state index in [0.29, 0.717) is 33.5 Å². The molecule has 5 heteroatoms. The number of aryl methyl sites for hydroxylation is 1. The van der Waals surface area contributed by atoms with Crippen LogP contribution in [0.2, 0.25) is 10.0 Å². The molecule has 0 aliphatic carbocycles. The summed E-state index contributed by atoms with van der Waals surface area (Å²) in [7, 11) is 0. The van der Waals surface area contributed by atoms with Gasteiger partial charge in [0.2, 0.25) is 0 Å². The summed E-state index contributed by atoms with van der Waals surface area (Å²) in [4.78, 5) is 0.